The zero-order valence-corrected chi connectivity index (χ0v) is 18.3. The standard InChI is InChI=1S/C22H30N2O5S/c1-3-5-10-23-11-7-9-22-17(16-15(30-22)8-6-12-29-21(16)28)19(26)24(14(4-2)13-25)18(22)20(23)27/h6-9,14-18,25H,3-5,10-13H2,1-2H3/t14-,15-,16+,17-,18?,22-/m0/s1. The van der Waals surface area contributed by atoms with Gasteiger partial charge < -0.3 is 19.6 Å². The van der Waals surface area contributed by atoms with E-state index in [-0.39, 0.29) is 36.2 Å². The molecule has 0 radical (unpaired) electrons. The van der Waals surface area contributed by atoms with E-state index in [0.29, 0.717) is 19.5 Å². The predicted molar refractivity (Wildman–Crippen MR) is 114 cm³/mol. The van der Waals surface area contributed by atoms with E-state index in [0.717, 1.165) is 12.8 Å². The van der Waals surface area contributed by atoms with E-state index < -0.39 is 28.7 Å². The number of cyclic esters (lactones) is 1. The van der Waals surface area contributed by atoms with Gasteiger partial charge in [0.05, 0.1) is 29.2 Å². The molecule has 4 aliphatic rings. The lowest BCUT2D eigenvalue weighted by Gasteiger charge is -2.38. The van der Waals surface area contributed by atoms with Crippen molar-refractivity contribution in [3.63, 3.8) is 0 Å². The maximum Gasteiger partial charge on any atom is 0.311 e. The number of rotatable bonds is 6. The van der Waals surface area contributed by atoms with E-state index in [1.807, 2.05) is 36.1 Å². The molecule has 1 N–H and O–H groups in total. The summed E-state index contributed by atoms with van der Waals surface area (Å²) in [7, 11) is 0. The highest BCUT2D eigenvalue weighted by molar-refractivity contribution is 8.02. The lowest BCUT2D eigenvalue weighted by Crippen LogP contribution is -2.56. The lowest BCUT2D eigenvalue weighted by molar-refractivity contribution is -0.152. The van der Waals surface area contributed by atoms with Gasteiger partial charge in [0, 0.05) is 18.3 Å². The van der Waals surface area contributed by atoms with Gasteiger partial charge in [-0.05, 0) is 12.8 Å². The van der Waals surface area contributed by atoms with Crippen LogP contribution < -0.4 is 0 Å². The molecule has 0 aromatic rings. The summed E-state index contributed by atoms with van der Waals surface area (Å²) in [6.45, 7) is 5.11. The maximum absolute atomic E-state index is 13.8. The van der Waals surface area contributed by atoms with E-state index in [1.165, 1.54) is 11.8 Å². The smallest absolute Gasteiger partial charge is 0.311 e. The first-order chi connectivity index (χ1) is 14.5. The Labute approximate surface area is 181 Å². The topological polar surface area (TPSA) is 87.2 Å². The molecule has 6 atom stereocenters. The Morgan fingerprint density at radius 2 is 2.07 bits per heavy atom. The molecule has 8 heteroatoms. The molecule has 2 fully saturated rings. The van der Waals surface area contributed by atoms with Crippen molar-refractivity contribution in [3.8, 4) is 0 Å². The Balaban J connectivity index is 1.82. The summed E-state index contributed by atoms with van der Waals surface area (Å²) in [4.78, 5) is 43.8. The van der Waals surface area contributed by atoms with Crippen LogP contribution in [0.25, 0.3) is 0 Å². The van der Waals surface area contributed by atoms with E-state index in [1.54, 1.807) is 4.90 Å². The minimum absolute atomic E-state index is 0.0856. The highest BCUT2D eigenvalue weighted by Gasteiger charge is 2.71. The third-order valence-electron chi connectivity index (χ3n) is 6.79. The molecule has 1 spiro atoms. The molecule has 0 bridgehead atoms. The number of nitrogens with zero attached hydrogens (tertiary/aromatic N) is 2. The van der Waals surface area contributed by atoms with Crippen LogP contribution >= 0.6 is 11.8 Å². The van der Waals surface area contributed by atoms with Crippen molar-refractivity contribution in [3.05, 3.63) is 24.3 Å². The normalized spacial score (nSPS) is 36.2. The van der Waals surface area contributed by atoms with Gasteiger partial charge in [-0.15, -0.1) is 11.8 Å². The molecule has 164 valence electrons. The van der Waals surface area contributed by atoms with Crippen LogP contribution in [0.15, 0.2) is 24.3 Å². The number of amides is 2. The van der Waals surface area contributed by atoms with Gasteiger partial charge in [-0.3, -0.25) is 14.4 Å². The minimum atomic E-state index is -0.826. The molecule has 7 nitrogen and oxygen atoms in total. The van der Waals surface area contributed by atoms with Crippen LogP contribution in [0.5, 0.6) is 0 Å². The summed E-state index contributed by atoms with van der Waals surface area (Å²) < 4.78 is 4.53. The highest BCUT2D eigenvalue weighted by atomic mass is 32.2. The van der Waals surface area contributed by atoms with Gasteiger partial charge in [0.2, 0.25) is 11.8 Å². The summed E-state index contributed by atoms with van der Waals surface area (Å²) in [6.07, 6.45) is 10.1. The number of fused-ring (bicyclic) bond motifs is 2. The van der Waals surface area contributed by atoms with Gasteiger partial charge in [0.25, 0.3) is 0 Å². The molecule has 4 rings (SSSR count). The average molecular weight is 435 g/mol. The van der Waals surface area contributed by atoms with Crippen molar-refractivity contribution in [1.29, 1.82) is 0 Å². The SMILES string of the molecule is CCCCN1CC=C[C@]23S[C@H]4C=CCOC(=O)[C@H]4[C@H]2C(=O)N([C@@H](CC)CO)C3C1=O. The predicted octanol–water partition coefficient (Wildman–Crippen LogP) is 1.37. The molecular formula is C22H30N2O5S. The first-order valence-corrected chi connectivity index (χ1v) is 11.8. The first-order valence-electron chi connectivity index (χ1n) is 10.9. The van der Waals surface area contributed by atoms with Crippen molar-refractivity contribution in [1.82, 2.24) is 9.80 Å². The monoisotopic (exact) mass is 434 g/mol. The number of carbonyl (C=O) groups is 3. The fraction of sp³-hybridized carbons (Fsp3) is 0.682. The molecule has 4 heterocycles. The summed E-state index contributed by atoms with van der Waals surface area (Å²) in [6, 6.07) is -1.18. The van der Waals surface area contributed by atoms with Gasteiger partial charge in [-0.2, -0.15) is 0 Å². The molecular weight excluding hydrogens is 404 g/mol. The summed E-state index contributed by atoms with van der Waals surface area (Å²) >= 11 is 1.54. The van der Waals surface area contributed by atoms with Crippen LogP contribution in [0.3, 0.4) is 0 Å². The Bertz CT molecular complexity index is 779. The zero-order chi connectivity index (χ0) is 21.5. The Hall–Kier alpha value is -1.80. The summed E-state index contributed by atoms with van der Waals surface area (Å²) in [5.74, 6) is -1.97. The molecule has 0 aromatic heterocycles. The van der Waals surface area contributed by atoms with Crippen LogP contribution in [0.4, 0.5) is 0 Å². The van der Waals surface area contributed by atoms with Gasteiger partial charge in [0.1, 0.15) is 12.6 Å². The van der Waals surface area contributed by atoms with Crippen LogP contribution in [-0.2, 0) is 19.1 Å². The second kappa shape index (κ2) is 8.38. The van der Waals surface area contributed by atoms with Gasteiger partial charge >= 0.3 is 5.97 Å². The number of likely N-dealkylation sites (tertiary alicyclic amines) is 1. The largest absolute Gasteiger partial charge is 0.461 e. The van der Waals surface area contributed by atoms with Crippen molar-refractivity contribution in [2.24, 2.45) is 11.8 Å². The number of aliphatic hydroxyl groups excluding tert-OH is 1. The fourth-order valence-electron chi connectivity index (χ4n) is 5.31. The molecule has 2 amide bonds. The van der Waals surface area contributed by atoms with Crippen molar-refractivity contribution in [2.75, 3.05) is 26.3 Å². The molecule has 0 saturated carbocycles. The van der Waals surface area contributed by atoms with Gasteiger partial charge in [-0.25, -0.2) is 0 Å². The molecule has 0 aliphatic carbocycles. The Morgan fingerprint density at radius 3 is 2.77 bits per heavy atom. The Kier molecular flexibility index (Phi) is 5.99. The second-order valence-electron chi connectivity index (χ2n) is 8.43. The minimum Gasteiger partial charge on any atom is -0.461 e. The first kappa shape index (κ1) is 21.4. The number of hydrogen-bond donors (Lipinski definition) is 1. The third-order valence-corrected chi connectivity index (χ3v) is 8.54. The summed E-state index contributed by atoms with van der Waals surface area (Å²) in [5.41, 5.74) is 0. The van der Waals surface area contributed by atoms with E-state index >= 15 is 0 Å². The fourth-order valence-corrected chi connectivity index (χ4v) is 7.30. The van der Waals surface area contributed by atoms with Crippen molar-refractivity contribution in [2.45, 2.75) is 55.2 Å². The molecule has 1 unspecified atom stereocenters. The number of thioether (sulfide) groups is 1. The Morgan fingerprint density at radius 1 is 1.27 bits per heavy atom. The van der Waals surface area contributed by atoms with E-state index in [2.05, 4.69) is 6.92 Å². The number of carbonyl (C=O) groups excluding carboxylic acids is 3. The number of ether oxygens (including phenoxy) is 1. The van der Waals surface area contributed by atoms with Gasteiger partial charge in [-0.1, -0.05) is 44.6 Å². The highest BCUT2D eigenvalue weighted by Crippen LogP contribution is 2.61. The van der Waals surface area contributed by atoms with Gasteiger partial charge in [0.15, 0.2) is 0 Å². The maximum atomic E-state index is 13.8. The number of unbranched alkanes of at least 4 members (excludes halogenated alkanes) is 1. The lowest BCUT2D eigenvalue weighted by atomic mass is 9.78. The molecule has 0 aromatic carbocycles. The van der Waals surface area contributed by atoms with Crippen LogP contribution in [0, 0.1) is 11.8 Å². The van der Waals surface area contributed by atoms with Crippen LogP contribution in [-0.4, -0.2) is 81.1 Å². The molecule has 30 heavy (non-hydrogen) atoms. The van der Waals surface area contributed by atoms with Crippen molar-refractivity contribution < 1.29 is 24.2 Å². The molecule has 2 saturated heterocycles. The van der Waals surface area contributed by atoms with Crippen molar-refractivity contribution >= 4 is 29.5 Å². The van der Waals surface area contributed by atoms with Crippen LogP contribution in [0.1, 0.15) is 33.1 Å². The quantitative estimate of drug-likeness (QED) is 0.502. The average Bonchev–Trinajstić information content (AvgIpc) is 3.04. The van der Waals surface area contributed by atoms with Crippen LogP contribution in [0.2, 0.25) is 0 Å². The zero-order valence-electron chi connectivity index (χ0n) is 17.5. The second-order valence-corrected chi connectivity index (χ2v) is 9.92. The summed E-state index contributed by atoms with van der Waals surface area (Å²) in [5, 5.41) is 9.80. The number of hydrogen-bond acceptors (Lipinski definition) is 6. The van der Waals surface area contributed by atoms with E-state index in [4.69, 9.17) is 4.74 Å². The number of aliphatic hydroxyl groups is 1. The number of esters is 1. The molecule has 4 aliphatic heterocycles. The third kappa shape index (κ3) is 3.11. The van der Waals surface area contributed by atoms with E-state index in [9.17, 15) is 19.5 Å².